The molecule has 76 valence electrons. The van der Waals surface area contributed by atoms with Crippen LogP contribution in [0.25, 0.3) is 0 Å². The zero-order valence-corrected chi connectivity index (χ0v) is 8.44. The number of hydrogen-bond acceptors (Lipinski definition) is 2. The molecule has 0 heterocycles. The maximum Gasteiger partial charge on any atom is 0.0475 e. The molecule has 0 aromatic carbocycles. The zero-order chi connectivity index (χ0) is 8.20. The molecule has 0 amide bonds. The zero-order valence-electron chi connectivity index (χ0n) is 8.44. The first kappa shape index (κ1) is 17.5. The smallest absolute Gasteiger partial charge is 0.0475 e. The van der Waals surface area contributed by atoms with Gasteiger partial charge in [-0.05, 0) is 19.3 Å². The molecule has 12 heavy (non-hydrogen) atoms. The molecular formula is C8H21NO3. The highest BCUT2D eigenvalue weighted by atomic mass is 16.4. The molecule has 0 radical (unpaired) electrons. The summed E-state index contributed by atoms with van der Waals surface area (Å²) in [5.74, 6) is -0.903. The molecule has 0 fully saturated rings. The van der Waals surface area contributed by atoms with E-state index >= 15 is 0 Å². The van der Waals surface area contributed by atoms with Crippen LogP contribution in [-0.4, -0.2) is 11.4 Å². The molecular weight excluding hydrogens is 158 g/mol. The van der Waals surface area contributed by atoms with E-state index in [1.54, 1.807) is 0 Å². The molecule has 6 N–H and O–H groups in total. The molecule has 0 rings (SSSR count). The molecule has 0 aromatic rings. The van der Waals surface area contributed by atoms with E-state index in [0.717, 1.165) is 0 Å². The van der Waals surface area contributed by atoms with Crippen LogP contribution in [0.5, 0.6) is 0 Å². The van der Waals surface area contributed by atoms with Crippen LogP contribution in [-0.2, 0) is 4.79 Å². The molecule has 0 saturated carbocycles. The summed E-state index contributed by atoms with van der Waals surface area (Å²) in [6, 6.07) is 0. The molecule has 0 bridgehead atoms. The van der Waals surface area contributed by atoms with Gasteiger partial charge in [-0.2, -0.15) is 0 Å². The summed E-state index contributed by atoms with van der Waals surface area (Å²) in [5.41, 5.74) is -0.569. The van der Waals surface area contributed by atoms with E-state index in [1.807, 2.05) is 20.8 Å². The number of carbonyl (C=O) groups is 1. The Kier molecular flexibility index (Phi) is 10.3. The van der Waals surface area contributed by atoms with Crippen molar-refractivity contribution in [3.8, 4) is 0 Å². The van der Waals surface area contributed by atoms with Crippen molar-refractivity contribution in [1.82, 2.24) is 6.15 Å². The van der Waals surface area contributed by atoms with Crippen molar-refractivity contribution < 1.29 is 15.4 Å². The lowest BCUT2D eigenvalue weighted by Gasteiger charge is -2.31. The quantitative estimate of drug-likeness (QED) is 0.678. The minimum Gasteiger partial charge on any atom is -0.550 e. The van der Waals surface area contributed by atoms with Crippen molar-refractivity contribution >= 4 is 5.97 Å². The third-order valence-electron chi connectivity index (χ3n) is 2.46. The van der Waals surface area contributed by atoms with Gasteiger partial charge in [-0.1, -0.05) is 20.8 Å². The lowest BCUT2D eigenvalue weighted by molar-refractivity contribution is -0.320. The van der Waals surface area contributed by atoms with Gasteiger partial charge in [0.15, 0.2) is 0 Å². The summed E-state index contributed by atoms with van der Waals surface area (Å²) >= 11 is 0. The molecule has 0 aliphatic carbocycles. The lowest BCUT2D eigenvalue weighted by Crippen LogP contribution is -2.41. The predicted octanol–water partition coefficient (Wildman–Crippen LogP) is 0.504. The molecule has 0 aromatic heterocycles. The number of quaternary nitrogens is 1. The highest BCUT2D eigenvalue weighted by molar-refractivity contribution is 5.72. The van der Waals surface area contributed by atoms with Crippen LogP contribution in [0.2, 0.25) is 0 Å². The summed E-state index contributed by atoms with van der Waals surface area (Å²) in [6.45, 7) is 5.68. The maximum atomic E-state index is 10.6. The number of carboxylic acid groups (broad SMARTS) is 1. The molecule has 0 atom stereocenters. The van der Waals surface area contributed by atoms with E-state index in [2.05, 4.69) is 0 Å². The Balaban J connectivity index is -0.000000405. The lowest BCUT2D eigenvalue weighted by atomic mass is 9.80. The maximum absolute atomic E-state index is 10.6. The van der Waals surface area contributed by atoms with Crippen molar-refractivity contribution in [3.05, 3.63) is 0 Å². The second-order valence-corrected chi connectivity index (χ2v) is 2.63. The van der Waals surface area contributed by atoms with Gasteiger partial charge in [0, 0.05) is 11.4 Å². The molecule has 4 heteroatoms. The summed E-state index contributed by atoms with van der Waals surface area (Å²) in [4.78, 5) is 10.6. The fourth-order valence-corrected chi connectivity index (χ4v) is 1.18. The minimum absolute atomic E-state index is 0. The van der Waals surface area contributed by atoms with Crippen LogP contribution in [0.3, 0.4) is 0 Å². The number of carboxylic acids is 1. The minimum atomic E-state index is -0.903. The van der Waals surface area contributed by atoms with Crippen LogP contribution in [0.1, 0.15) is 40.0 Å². The highest BCUT2D eigenvalue weighted by Gasteiger charge is 2.24. The third-order valence-corrected chi connectivity index (χ3v) is 2.46. The predicted molar refractivity (Wildman–Crippen MR) is 47.9 cm³/mol. The monoisotopic (exact) mass is 179 g/mol. The van der Waals surface area contributed by atoms with Gasteiger partial charge in [0.1, 0.15) is 0 Å². The van der Waals surface area contributed by atoms with Gasteiger partial charge in [0.2, 0.25) is 0 Å². The van der Waals surface area contributed by atoms with Gasteiger partial charge in [-0.15, -0.1) is 0 Å². The number of carbonyl (C=O) groups excluding carboxylic acids is 1. The molecule has 0 spiro atoms. The average molecular weight is 179 g/mol. The van der Waals surface area contributed by atoms with Crippen molar-refractivity contribution in [2.24, 2.45) is 5.41 Å². The van der Waals surface area contributed by atoms with E-state index in [1.165, 1.54) is 0 Å². The van der Waals surface area contributed by atoms with Crippen molar-refractivity contribution in [1.29, 1.82) is 0 Å². The van der Waals surface area contributed by atoms with Crippen LogP contribution >= 0.6 is 0 Å². The summed E-state index contributed by atoms with van der Waals surface area (Å²) in [6.07, 6.45) is 2.01. The van der Waals surface area contributed by atoms with Crippen LogP contribution in [0, 0.1) is 5.41 Å². The number of rotatable bonds is 4. The van der Waals surface area contributed by atoms with Crippen LogP contribution < -0.4 is 11.3 Å². The Bertz CT molecular complexity index is 113. The average Bonchev–Trinajstić information content (AvgIpc) is 1.92. The van der Waals surface area contributed by atoms with E-state index in [0.29, 0.717) is 19.3 Å². The Morgan fingerprint density at radius 2 is 1.42 bits per heavy atom. The highest BCUT2D eigenvalue weighted by Crippen LogP contribution is 2.28. The fraction of sp³-hybridized carbons (Fsp3) is 0.875. The van der Waals surface area contributed by atoms with Gasteiger partial charge >= 0.3 is 0 Å². The first-order chi connectivity index (χ1) is 4.63. The van der Waals surface area contributed by atoms with Crippen molar-refractivity contribution in [3.63, 3.8) is 0 Å². The second kappa shape index (κ2) is 7.06. The third kappa shape index (κ3) is 3.19. The summed E-state index contributed by atoms with van der Waals surface area (Å²) in [7, 11) is 0. The van der Waals surface area contributed by atoms with Gasteiger partial charge in [-0.3, -0.25) is 0 Å². The molecule has 0 unspecified atom stereocenters. The van der Waals surface area contributed by atoms with Crippen LogP contribution in [0.15, 0.2) is 0 Å². The Morgan fingerprint density at radius 3 is 1.42 bits per heavy atom. The Hall–Kier alpha value is -0.610. The topological polar surface area (TPSA) is 108 Å². The SMILES string of the molecule is CCC(CC)(CC)C(=O)[O-].O.[NH4+]. The Labute approximate surface area is 73.9 Å². The molecule has 0 aliphatic rings. The largest absolute Gasteiger partial charge is 0.550 e. The van der Waals surface area contributed by atoms with Crippen molar-refractivity contribution in [2.75, 3.05) is 0 Å². The summed E-state index contributed by atoms with van der Waals surface area (Å²) < 4.78 is 0. The van der Waals surface area contributed by atoms with Gasteiger partial charge < -0.3 is 21.5 Å². The standard InChI is InChI=1S/C8H16O2.H3N.H2O/c1-4-8(5-2,6-3)7(9)10;;/h4-6H2,1-3H3,(H,9,10);1H3;1H2. The van der Waals surface area contributed by atoms with E-state index in [9.17, 15) is 9.90 Å². The molecule has 4 nitrogen and oxygen atoms in total. The van der Waals surface area contributed by atoms with E-state index < -0.39 is 11.4 Å². The number of aliphatic carboxylic acids is 1. The number of hydrogen-bond donors (Lipinski definition) is 1. The molecule has 0 aliphatic heterocycles. The van der Waals surface area contributed by atoms with Crippen molar-refractivity contribution in [2.45, 2.75) is 40.0 Å². The van der Waals surface area contributed by atoms with Gasteiger partial charge in [-0.25, -0.2) is 0 Å². The second-order valence-electron chi connectivity index (χ2n) is 2.63. The van der Waals surface area contributed by atoms with Gasteiger partial charge in [0.05, 0.1) is 0 Å². The fourth-order valence-electron chi connectivity index (χ4n) is 1.18. The van der Waals surface area contributed by atoms with E-state index in [4.69, 9.17) is 0 Å². The van der Waals surface area contributed by atoms with Crippen LogP contribution in [0.4, 0.5) is 0 Å². The van der Waals surface area contributed by atoms with Gasteiger partial charge in [0.25, 0.3) is 0 Å². The first-order valence-electron chi connectivity index (χ1n) is 3.84. The summed E-state index contributed by atoms with van der Waals surface area (Å²) in [5, 5.41) is 10.6. The van der Waals surface area contributed by atoms with E-state index in [-0.39, 0.29) is 11.6 Å². The normalized spacial score (nSPS) is 9.58. The first-order valence-corrected chi connectivity index (χ1v) is 3.84. The molecule has 0 saturated heterocycles. The Morgan fingerprint density at radius 1 is 1.17 bits per heavy atom.